The lowest BCUT2D eigenvalue weighted by molar-refractivity contribution is -0.121. The molecule has 0 bridgehead atoms. The molecule has 0 aromatic rings. The Labute approximate surface area is 85.6 Å². The van der Waals surface area contributed by atoms with Crippen LogP contribution in [-0.4, -0.2) is 37.9 Å². The molecule has 4 heteroatoms. The highest BCUT2D eigenvalue weighted by molar-refractivity contribution is 5.75. The van der Waals surface area contributed by atoms with Crippen LogP contribution in [0.2, 0.25) is 0 Å². The van der Waals surface area contributed by atoms with Gasteiger partial charge in [-0.3, -0.25) is 4.79 Å². The van der Waals surface area contributed by atoms with Crippen LogP contribution in [0.25, 0.3) is 0 Å². The van der Waals surface area contributed by atoms with Crippen LogP contribution in [0.5, 0.6) is 0 Å². The van der Waals surface area contributed by atoms with Crippen molar-refractivity contribution in [2.24, 2.45) is 0 Å². The number of aliphatic hydroxyl groups excluding tert-OH is 1. The molecule has 0 aromatic carbocycles. The average molecular weight is 203 g/mol. The van der Waals surface area contributed by atoms with E-state index in [1.54, 1.807) is 7.11 Å². The summed E-state index contributed by atoms with van der Waals surface area (Å²) in [7, 11) is 1.63. The number of unbranched alkanes of at least 4 members (excludes halogenated alkanes) is 2. The average Bonchev–Trinajstić information content (AvgIpc) is 2.18. The summed E-state index contributed by atoms with van der Waals surface area (Å²) in [5.74, 6) is 0.0889. The second-order valence-corrected chi connectivity index (χ2v) is 3.23. The fourth-order valence-electron chi connectivity index (χ4n) is 1.11. The van der Waals surface area contributed by atoms with Crippen LogP contribution in [0.1, 0.15) is 32.1 Å². The first-order valence-electron chi connectivity index (χ1n) is 5.17. The Bertz CT molecular complexity index is 139. The van der Waals surface area contributed by atoms with E-state index in [2.05, 4.69) is 5.32 Å². The van der Waals surface area contributed by atoms with Gasteiger partial charge in [0, 0.05) is 33.3 Å². The molecular weight excluding hydrogens is 182 g/mol. The van der Waals surface area contributed by atoms with Crippen molar-refractivity contribution >= 4 is 5.91 Å². The summed E-state index contributed by atoms with van der Waals surface area (Å²) < 4.78 is 4.84. The highest BCUT2D eigenvalue weighted by Crippen LogP contribution is 1.93. The number of carbonyl (C=O) groups excluding carboxylic acids is 1. The summed E-state index contributed by atoms with van der Waals surface area (Å²) in [5.41, 5.74) is 0. The number of amides is 1. The Hall–Kier alpha value is -0.610. The third-order valence-corrected chi connectivity index (χ3v) is 1.91. The number of nitrogens with one attached hydrogen (secondary N) is 1. The van der Waals surface area contributed by atoms with Gasteiger partial charge in [-0.2, -0.15) is 0 Å². The molecule has 0 heterocycles. The van der Waals surface area contributed by atoms with Crippen molar-refractivity contribution in [1.82, 2.24) is 5.32 Å². The van der Waals surface area contributed by atoms with Gasteiger partial charge in [0.25, 0.3) is 0 Å². The van der Waals surface area contributed by atoms with Gasteiger partial charge in [0.05, 0.1) is 0 Å². The monoisotopic (exact) mass is 203 g/mol. The Morgan fingerprint density at radius 3 is 2.71 bits per heavy atom. The highest BCUT2D eigenvalue weighted by Gasteiger charge is 1.99. The van der Waals surface area contributed by atoms with E-state index in [1.165, 1.54) is 0 Å². The maximum absolute atomic E-state index is 11.1. The minimum absolute atomic E-state index is 0.0889. The molecule has 0 saturated carbocycles. The lowest BCUT2D eigenvalue weighted by atomic mass is 10.2. The van der Waals surface area contributed by atoms with Gasteiger partial charge < -0.3 is 15.2 Å². The second kappa shape index (κ2) is 10.5. The molecule has 84 valence electrons. The second-order valence-electron chi connectivity index (χ2n) is 3.23. The molecule has 0 unspecified atom stereocenters. The molecule has 0 saturated heterocycles. The van der Waals surface area contributed by atoms with Crippen molar-refractivity contribution in [1.29, 1.82) is 0 Å². The van der Waals surface area contributed by atoms with Crippen LogP contribution in [0.3, 0.4) is 0 Å². The molecule has 0 rings (SSSR count). The summed E-state index contributed by atoms with van der Waals surface area (Å²) in [6, 6.07) is 0. The largest absolute Gasteiger partial charge is 0.396 e. The van der Waals surface area contributed by atoms with Gasteiger partial charge in [-0.1, -0.05) is 0 Å². The van der Waals surface area contributed by atoms with E-state index in [0.717, 1.165) is 25.7 Å². The number of carbonyl (C=O) groups is 1. The summed E-state index contributed by atoms with van der Waals surface area (Å²) in [6.07, 6.45) is 4.04. The van der Waals surface area contributed by atoms with Crippen molar-refractivity contribution in [2.45, 2.75) is 32.1 Å². The van der Waals surface area contributed by atoms with Crippen molar-refractivity contribution in [3.63, 3.8) is 0 Å². The molecule has 14 heavy (non-hydrogen) atoms. The smallest absolute Gasteiger partial charge is 0.220 e. The van der Waals surface area contributed by atoms with Gasteiger partial charge >= 0.3 is 0 Å². The van der Waals surface area contributed by atoms with Gasteiger partial charge in [-0.05, 0) is 25.7 Å². The maximum atomic E-state index is 11.1. The summed E-state index contributed by atoms with van der Waals surface area (Å²) in [5, 5.41) is 11.3. The molecule has 0 radical (unpaired) electrons. The fourth-order valence-corrected chi connectivity index (χ4v) is 1.11. The zero-order chi connectivity index (χ0) is 10.6. The van der Waals surface area contributed by atoms with Crippen LogP contribution in [0, 0.1) is 0 Å². The van der Waals surface area contributed by atoms with Gasteiger partial charge in [0.2, 0.25) is 5.91 Å². The minimum Gasteiger partial charge on any atom is -0.396 e. The summed E-state index contributed by atoms with van der Waals surface area (Å²) in [4.78, 5) is 11.1. The first-order chi connectivity index (χ1) is 6.81. The third-order valence-electron chi connectivity index (χ3n) is 1.91. The van der Waals surface area contributed by atoms with E-state index in [-0.39, 0.29) is 12.5 Å². The van der Waals surface area contributed by atoms with Crippen LogP contribution < -0.4 is 5.32 Å². The van der Waals surface area contributed by atoms with Crippen LogP contribution in [0.15, 0.2) is 0 Å². The Balaban J connectivity index is 3.10. The summed E-state index contributed by atoms with van der Waals surface area (Å²) in [6.45, 7) is 1.59. The summed E-state index contributed by atoms with van der Waals surface area (Å²) >= 11 is 0. The van der Waals surface area contributed by atoms with Crippen molar-refractivity contribution in [3.05, 3.63) is 0 Å². The lowest BCUT2D eigenvalue weighted by Gasteiger charge is -2.04. The fraction of sp³-hybridized carbons (Fsp3) is 0.900. The van der Waals surface area contributed by atoms with Gasteiger partial charge in [0.1, 0.15) is 0 Å². The van der Waals surface area contributed by atoms with E-state index in [9.17, 15) is 4.79 Å². The molecule has 4 nitrogen and oxygen atoms in total. The quantitative estimate of drug-likeness (QED) is 0.542. The number of ether oxygens (including phenoxy) is 1. The standard InChI is InChI=1S/C10H21NO3/c1-14-9-5-6-10(13)11-7-3-2-4-8-12/h12H,2-9H2,1H3,(H,11,13). The predicted octanol–water partition coefficient (Wildman–Crippen LogP) is 0.692. The van der Waals surface area contributed by atoms with Crippen LogP contribution >= 0.6 is 0 Å². The number of hydrogen-bond acceptors (Lipinski definition) is 3. The molecule has 0 aliphatic carbocycles. The van der Waals surface area contributed by atoms with Crippen LogP contribution in [-0.2, 0) is 9.53 Å². The number of aliphatic hydroxyl groups is 1. The Kier molecular flexibility index (Phi) is 10.0. The normalized spacial score (nSPS) is 10.1. The van der Waals surface area contributed by atoms with Gasteiger partial charge in [-0.15, -0.1) is 0 Å². The predicted molar refractivity (Wildman–Crippen MR) is 55.1 cm³/mol. The SMILES string of the molecule is COCCCC(=O)NCCCCCO. The molecule has 0 spiro atoms. The Morgan fingerprint density at radius 2 is 2.07 bits per heavy atom. The van der Waals surface area contributed by atoms with E-state index in [1.807, 2.05) is 0 Å². The third kappa shape index (κ3) is 9.48. The number of rotatable bonds is 9. The molecule has 2 N–H and O–H groups in total. The van der Waals surface area contributed by atoms with E-state index < -0.39 is 0 Å². The molecule has 1 amide bonds. The topological polar surface area (TPSA) is 58.6 Å². The lowest BCUT2D eigenvalue weighted by Crippen LogP contribution is -2.24. The molecule has 0 aliphatic rings. The molecule has 0 aliphatic heterocycles. The highest BCUT2D eigenvalue weighted by atomic mass is 16.5. The van der Waals surface area contributed by atoms with Crippen molar-refractivity contribution < 1.29 is 14.6 Å². The van der Waals surface area contributed by atoms with E-state index >= 15 is 0 Å². The van der Waals surface area contributed by atoms with E-state index in [4.69, 9.17) is 9.84 Å². The van der Waals surface area contributed by atoms with Gasteiger partial charge in [-0.25, -0.2) is 0 Å². The van der Waals surface area contributed by atoms with Crippen LogP contribution in [0.4, 0.5) is 0 Å². The first-order valence-corrected chi connectivity index (χ1v) is 5.17. The number of methoxy groups -OCH3 is 1. The van der Waals surface area contributed by atoms with Crippen molar-refractivity contribution in [3.8, 4) is 0 Å². The zero-order valence-corrected chi connectivity index (χ0v) is 8.92. The minimum atomic E-state index is 0.0889. The molecule has 0 fully saturated rings. The zero-order valence-electron chi connectivity index (χ0n) is 8.92. The molecule has 0 aromatic heterocycles. The molecule has 0 atom stereocenters. The van der Waals surface area contributed by atoms with E-state index in [0.29, 0.717) is 19.6 Å². The number of hydrogen-bond donors (Lipinski definition) is 2. The maximum Gasteiger partial charge on any atom is 0.220 e. The van der Waals surface area contributed by atoms with Gasteiger partial charge in [0.15, 0.2) is 0 Å². The Morgan fingerprint density at radius 1 is 1.29 bits per heavy atom. The first kappa shape index (κ1) is 13.4. The molecular formula is C10H21NO3. The van der Waals surface area contributed by atoms with Crippen molar-refractivity contribution in [2.75, 3.05) is 26.9 Å².